The molecule has 0 saturated carbocycles. The molecule has 1 aliphatic heterocycles. The molecule has 1 aromatic carbocycles. The van der Waals surface area contributed by atoms with Gasteiger partial charge in [-0.15, -0.1) is 0 Å². The monoisotopic (exact) mass is 442 g/mol. The highest BCUT2D eigenvalue weighted by molar-refractivity contribution is 6.46. The number of hydrogen-bond donors (Lipinski definition) is 2. The number of nitrogens with zero attached hydrogens (tertiary/aromatic N) is 3. The number of nitrogens with one attached hydrogen (secondary N) is 1. The number of Topliss-reactive ketones (excluding diaryl/α,β-unsaturated/α-hetero) is 1. The van der Waals surface area contributed by atoms with Crippen LogP contribution >= 0.6 is 0 Å². The van der Waals surface area contributed by atoms with Gasteiger partial charge in [0.25, 0.3) is 11.7 Å². The molecule has 172 valence electrons. The zero-order valence-corrected chi connectivity index (χ0v) is 19.4. The number of aromatic nitrogens is 2. The van der Waals surface area contributed by atoms with Crippen LogP contribution in [0, 0.1) is 13.8 Å². The number of hydrogen-bond acceptors (Lipinski definition) is 7. The Hall–Kier alpha value is -3.33. The van der Waals surface area contributed by atoms with Crippen molar-refractivity contribution in [1.29, 1.82) is 0 Å². The molecule has 0 unspecified atom stereocenters. The van der Waals surface area contributed by atoms with Crippen LogP contribution in [0.2, 0.25) is 0 Å². The maximum absolute atomic E-state index is 13.2. The molecule has 0 aliphatic carbocycles. The van der Waals surface area contributed by atoms with Crippen molar-refractivity contribution < 1.29 is 24.2 Å². The van der Waals surface area contributed by atoms with Crippen molar-refractivity contribution in [2.45, 2.75) is 26.3 Å². The van der Waals surface area contributed by atoms with Gasteiger partial charge in [0, 0.05) is 17.8 Å². The molecule has 32 heavy (non-hydrogen) atoms. The van der Waals surface area contributed by atoms with Gasteiger partial charge in [0.15, 0.2) is 0 Å². The highest BCUT2D eigenvalue weighted by atomic mass is 16.5. The third-order valence-corrected chi connectivity index (χ3v) is 5.64. The number of aromatic amines is 1. The standard InChI is InChI=1S/C23H30N4O5/c1-13-18(14(2)25-24-13)21(28)19-20(16-12-15(31-5)8-9-17(16)32-6)27(23(30)22(19)29)11-7-10-26(3)4/h8-9,12,20,28H,7,10-11H2,1-6H3,(H,24,25)/b21-19+/t20-/m0/s1. The molecule has 1 atom stereocenters. The van der Waals surface area contributed by atoms with Crippen molar-refractivity contribution in [1.82, 2.24) is 20.0 Å². The number of ketones is 1. The number of likely N-dealkylation sites (tertiary alicyclic amines) is 1. The lowest BCUT2D eigenvalue weighted by atomic mass is 9.94. The summed E-state index contributed by atoms with van der Waals surface area (Å²) in [4.78, 5) is 29.8. The van der Waals surface area contributed by atoms with Gasteiger partial charge in [0.1, 0.15) is 17.3 Å². The Morgan fingerprint density at radius 1 is 1.22 bits per heavy atom. The zero-order chi connectivity index (χ0) is 23.6. The summed E-state index contributed by atoms with van der Waals surface area (Å²) in [6.45, 7) is 4.56. The number of aliphatic hydroxyl groups is 1. The van der Waals surface area contributed by atoms with Crippen molar-refractivity contribution >= 4 is 17.4 Å². The summed E-state index contributed by atoms with van der Waals surface area (Å²) in [5, 5.41) is 18.2. The molecule has 1 aliphatic rings. The third kappa shape index (κ3) is 4.20. The first-order valence-corrected chi connectivity index (χ1v) is 10.4. The molecule has 1 aromatic heterocycles. The number of benzene rings is 1. The summed E-state index contributed by atoms with van der Waals surface area (Å²) in [6, 6.07) is 4.38. The van der Waals surface area contributed by atoms with Crippen molar-refractivity contribution in [3.05, 3.63) is 46.3 Å². The molecule has 0 radical (unpaired) electrons. The second kappa shape index (κ2) is 9.44. The minimum absolute atomic E-state index is 0.0130. The second-order valence-electron chi connectivity index (χ2n) is 8.07. The predicted molar refractivity (Wildman–Crippen MR) is 120 cm³/mol. The summed E-state index contributed by atoms with van der Waals surface area (Å²) in [5.41, 5.74) is 2.14. The van der Waals surface area contributed by atoms with E-state index in [0.29, 0.717) is 47.0 Å². The molecular weight excluding hydrogens is 412 g/mol. The third-order valence-electron chi connectivity index (χ3n) is 5.64. The van der Waals surface area contributed by atoms with E-state index in [1.165, 1.54) is 19.1 Å². The van der Waals surface area contributed by atoms with Gasteiger partial charge in [-0.05, 0) is 59.1 Å². The first-order chi connectivity index (χ1) is 15.2. The Morgan fingerprint density at radius 3 is 2.50 bits per heavy atom. The SMILES string of the molecule is COc1ccc(OC)c([C@H]2/C(=C(\O)c3c(C)n[nH]c3C)C(=O)C(=O)N2CCCN(C)C)c1. The van der Waals surface area contributed by atoms with Gasteiger partial charge in [0.2, 0.25) is 0 Å². The molecule has 9 nitrogen and oxygen atoms in total. The Bertz CT molecular complexity index is 1040. The molecule has 1 saturated heterocycles. The van der Waals surface area contributed by atoms with Crippen LogP contribution in [0.1, 0.15) is 35.0 Å². The lowest BCUT2D eigenvalue weighted by Crippen LogP contribution is -2.32. The van der Waals surface area contributed by atoms with Crippen LogP contribution in [0.5, 0.6) is 11.5 Å². The Kier molecular flexibility index (Phi) is 6.88. The number of aliphatic hydroxyl groups excluding tert-OH is 1. The van der Waals surface area contributed by atoms with Gasteiger partial charge in [-0.2, -0.15) is 5.10 Å². The highest BCUT2D eigenvalue weighted by Gasteiger charge is 2.47. The summed E-state index contributed by atoms with van der Waals surface area (Å²) in [6.07, 6.45) is 0.659. The minimum Gasteiger partial charge on any atom is -0.507 e. The van der Waals surface area contributed by atoms with Gasteiger partial charge in [-0.3, -0.25) is 14.7 Å². The van der Waals surface area contributed by atoms with E-state index in [2.05, 4.69) is 10.2 Å². The first-order valence-electron chi connectivity index (χ1n) is 10.4. The molecule has 2 aromatic rings. The number of carbonyl (C=O) groups excluding carboxylic acids is 2. The number of carbonyl (C=O) groups is 2. The number of amides is 1. The van der Waals surface area contributed by atoms with Gasteiger partial charge in [-0.1, -0.05) is 0 Å². The summed E-state index contributed by atoms with van der Waals surface area (Å²) < 4.78 is 10.9. The van der Waals surface area contributed by atoms with Crippen LogP contribution in [0.3, 0.4) is 0 Å². The topological polar surface area (TPSA) is 108 Å². The van der Waals surface area contributed by atoms with Gasteiger partial charge >= 0.3 is 0 Å². The molecule has 1 fully saturated rings. The van der Waals surface area contributed by atoms with Crippen molar-refractivity contribution in [3.8, 4) is 11.5 Å². The fourth-order valence-corrected chi connectivity index (χ4v) is 4.08. The zero-order valence-electron chi connectivity index (χ0n) is 19.4. The molecule has 9 heteroatoms. The maximum atomic E-state index is 13.2. The van der Waals surface area contributed by atoms with E-state index in [9.17, 15) is 14.7 Å². The van der Waals surface area contributed by atoms with E-state index in [4.69, 9.17) is 9.47 Å². The molecule has 1 amide bonds. The lowest BCUT2D eigenvalue weighted by Gasteiger charge is -2.27. The Balaban J connectivity index is 2.22. The molecule has 2 N–H and O–H groups in total. The molecule has 3 rings (SSSR count). The molecular formula is C23H30N4O5. The molecule has 0 spiro atoms. The van der Waals surface area contributed by atoms with Crippen LogP contribution in [0.25, 0.3) is 5.76 Å². The first kappa shape index (κ1) is 23.3. The van der Waals surface area contributed by atoms with Crippen LogP contribution in [0.15, 0.2) is 23.8 Å². The number of rotatable bonds is 8. The van der Waals surface area contributed by atoms with E-state index in [1.54, 1.807) is 32.0 Å². The van der Waals surface area contributed by atoms with Crippen LogP contribution in [-0.4, -0.2) is 78.2 Å². The lowest BCUT2D eigenvalue weighted by molar-refractivity contribution is -0.140. The highest BCUT2D eigenvalue weighted by Crippen LogP contribution is 2.44. The number of ether oxygens (including phenoxy) is 2. The average molecular weight is 443 g/mol. The number of H-pyrrole nitrogens is 1. The fraction of sp³-hybridized carbons (Fsp3) is 0.435. The Labute approximate surface area is 187 Å². The molecule has 2 heterocycles. The van der Waals surface area contributed by atoms with Crippen LogP contribution in [0.4, 0.5) is 0 Å². The summed E-state index contributed by atoms with van der Waals surface area (Å²) in [7, 11) is 6.95. The van der Waals surface area contributed by atoms with E-state index in [-0.39, 0.29) is 11.3 Å². The van der Waals surface area contributed by atoms with Crippen LogP contribution in [-0.2, 0) is 9.59 Å². The van der Waals surface area contributed by atoms with Crippen molar-refractivity contribution in [2.24, 2.45) is 0 Å². The quantitative estimate of drug-likeness (QED) is 0.367. The van der Waals surface area contributed by atoms with E-state index in [0.717, 1.165) is 6.54 Å². The average Bonchev–Trinajstić information content (AvgIpc) is 3.23. The van der Waals surface area contributed by atoms with Gasteiger partial charge in [0.05, 0.1) is 37.1 Å². The summed E-state index contributed by atoms with van der Waals surface area (Å²) in [5.74, 6) is -0.601. The van der Waals surface area contributed by atoms with E-state index >= 15 is 0 Å². The summed E-state index contributed by atoms with van der Waals surface area (Å²) >= 11 is 0. The molecule has 0 bridgehead atoms. The fourth-order valence-electron chi connectivity index (χ4n) is 4.08. The van der Waals surface area contributed by atoms with Crippen LogP contribution < -0.4 is 9.47 Å². The maximum Gasteiger partial charge on any atom is 0.295 e. The normalized spacial score (nSPS) is 18.0. The second-order valence-corrected chi connectivity index (χ2v) is 8.07. The minimum atomic E-state index is -0.823. The largest absolute Gasteiger partial charge is 0.507 e. The number of methoxy groups -OCH3 is 2. The Morgan fingerprint density at radius 2 is 1.94 bits per heavy atom. The van der Waals surface area contributed by atoms with Crippen molar-refractivity contribution in [2.75, 3.05) is 41.4 Å². The van der Waals surface area contributed by atoms with Gasteiger partial charge in [-0.25, -0.2) is 0 Å². The van der Waals surface area contributed by atoms with E-state index in [1.807, 2.05) is 19.0 Å². The van der Waals surface area contributed by atoms with Crippen molar-refractivity contribution in [3.63, 3.8) is 0 Å². The predicted octanol–water partition coefficient (Wildman–Crippen LogP) is 2.42. The van der Waals surface area contributed by atoms with Gasteiger partial charge < -0.3 is 24.4 Å². The smallest absolute Gasteiger partial charge is 0.295 e. The number of aryl methyl sites for hydroxylation is 2. The van der Waals surface area contributed by atoms with E-state index < -0.39 is 17.7 Å².